The molecular weight excluding hydrogens is 296 g/mol. The van der Waals surface area contributed by atoms with E-state index in [4.69, 9.17) is 0 Å². The SMILES string of the molecule is Cc1ccc(C2=C(c3ccccc3)c3cc(O)ccc3C2=O)cc1. The lowest BCUT2D eigenvalue weighted by Crippen LogP contribution is -1.98. The average Bonchev–Trinajstić information content (AvgIpc) is 2.88. The van der Waals surface area contributed by atoms with E-state index in [1.165, 1.54) is 0 Å². The second-order valence-electron chi connectivity index (χ2n) is 6.04. The summed E-state index contributed by atoms with van der Waals surface area (Å²) in [6.45, 7) is 2.03. The third-order valence-electron chi connectivity index (χ3n) is 4.40. The Hall–Kier alpha value is -3.13. The van der Waals surface area contributed by atoms with Crippen molar-refractivity contribution >= 4 is 16.9 Å². The Labute approximate surface area is 140 Å². The Morgan fingerprint density at radius 2 is 1.38 bits per heavy atom. The van der Waals surface area contributed by atoms with Crippen LogP contribution in [-0.2, 0) is 0 Å². The number of phenols is 1. The number of carbonyl (C=O) groups is 1. The summed E-state index contributed by atoms with van der Waals surface area (Å²) in [7, 11) is 0. The van der Waals surface area contributed by atoms with Gasteiger partial charge in [0.2, 0.25) is 0 Å². The van der Waals surface area contributed by atoms with Crippen LogP contribution in [0.1, 0.15) is 32.6 Å². The summed E-state index contributed by atoms with van der Waals surface area (Å²) in [5, 5.41) is 9.91. The maximum absolute atomic E-state index is 13.0. The molecule has 1 N–H and O–H groups in total. The number of aryl methyl sites for hydroxylation is 1. The van der Waals surface area contributed by atoms with Gasteiger partial charge < -0.3 is 5.11 Å². The molecule has 2 heteroatoms. The highest BCUT2D eigenvalue weighted by Gasteiger charge is 2.31. The molecule has 0 saturated carbocycles. The molecule has 24 heavy (non-hydrogen) atoms. The van der Waals surface area contributed by atoms with Crippen LogP contribution >= 0.6 is 0 Å². The number of hydrogen-bond donors (Lipinski definition) is 1. The van der Waals surface area contributed by atoms with Crippen LogP contribution in [0.25, 0.3) is 11.1 Å². The normalized spacial score (nSPS) is 13.3. The van der Waals surface area contributed by atoms with E-state index in [2.05, 4.69) is 0 Å². The zero-order valence-corrected chi connectivity index (χ0v) is 13.3. The molecule has 0 radical (unpaired) electrons. The van der Waals surface area contributed by atoms with Gasteiger partial charge in [0.25, 0.3) is 0 Å². The first-order valence-electron chi connectivity index (χ1n) is 7.90. The lowest BCUT2D eigenvalue weighted by Gasteiger charge is -2.09. The number of carbonyl (C=O) groups excluding carboxylic acids is 1. The number of allylic oxidation sites excluding steroid dienone is 1. The van der Waals surface area contributed by atoms with E-state index < -0.39 is 0 Å². The maximum Gasteiger partial charge on any atom is 0.194 e. The summed E-state index contributed by atoms with van der Waals surface area (Å²) < 4.78 is 0. The van der Waals surface area contributed by atoms with Crippen molar-refractivity contribution in [2.75, 3.05) is 0 Å². The Bertz CT molecular complexity index is 965. The number of aromatic hydroxyl groups is 1. The summed E-state index contributed by atoms with van der Waals surface area (Å²) in [5.74, 6) is 0.174. The van der Waals surface area contributed by atoms with Crippen molar-refractivity contribution in [1.29, 1.82) is 0 Å². The van der Waals surface area contributed by atoms with Crippen molar-refractivity contribution in [2.45, 2.75) is 6.92 Å². The molecule has 0 unspecified atom stereocenters. The fourth-order valence-electron chi connectivity index (χ4n) is 3.22. The standard InChI is InChI=1S/C22H16O2/c1-14-7-9-16(10-8-14)21-20(15-5-3-2-4-6-15)19-13-17(23)11-12-18(19)22(21)24/h2-13,23H,1H3. The van der Waals surface area contributed by atoms with Crippen LogP contribution in [0.3, 0.4) is 0 Å². The Morgan fingerprint density at radius 1 is 0.708 bits per heavy atom. The third kappa shape index (κ3) is 2.24. The molecule has 0 spiro atoms. The van der Waals surface area contributed by atoms with E-state index in [-0.39, 0.29) is 11.5 Å². The first-order valence-corrected chi connectivity index (χ1v) is 7.90. The monoisotopic (exact) mass is 312 g/mol. The second-order valence-corrected chi connectivity index (χ2v) is 6.04. The summed E-state index contributed by atoms with van der Waals surface area (Å²) >= 11 is 0. The lowest BCUT2D eigenvalue weighted by molar-refractivity contribution is 0.105. The molecule has 3 aromatic rings. The highest BCUT2D eigenvalue weighted by atomic mass is 16.3. The molecule has 0 aromatic heterocycles. The molecule has 2 nitrogen and oxygen atoms in total. The second kappa shape index (κ2) is 5.50. The van der Waals surface area contributed by atoms with Gasteiger partial charge >= 0.3 is 0 Å². The van der Waals surface area contributed by atoms with Gasteiger partial charge in [-0.1, -0.05) is 60.2 Å². The topological polar surface area (TPSA) is 37.3 Å². The predicted octanol–water partition coefficient (Wildman–Crippen LogP) is 4.86. The zero-order valence-electron chi connectivity index (χ0n) is 13.3. The number of rotatable bonds is 2. The zero-order chi connectivity index (χ0) is 16.7. The number of fused-ring (bicyclic) bond motifs is 1. The van der Waals surface area contributed by atoms with Crippen molar-refractivity contribution in [3.05, 3.63) is 101 Å². The third-order valence-corrected chi connectivity index (χ3v) is 4.40. The average molecular weight is 312 g/mol. The van der Waals surface area contributed by atoms with Gasteiger partial charge in [0, 0.05) is 16.7 Å². The Balaban J connectivity index is 2.03. The van der Waals surface area contributed by atoms with Crippen LogP contribution in [0.15, 0.2) is 72.8 Å². The number of phenolic OH excluding ortho intramolecular Hbond substituents is 1. The van der Waals surface area contributed by atoms with Crippen LogP contribution in [0.5, 0.6) is 5.75 Å². The molecule has 0 amide bonds. The number of Topliss-reactive ketones (excluding diaryl/α,β-unsaturated/α-hetero) is 1. The van der Waals surface area contributed by atoms with Crippen LogP contribution in [0.4, 0.5) is 0 Å². The summed E-state index contributed by atoms with van der Waals surface area (Å²) in [6, 6.07) is 22.8. The van der Waals surface area contributed by atoms with Crippen molar-refractivity contribution in [3.8, 4) is 5.75 Å². The highest BCUT2D eigenvalue weighted by molar-refractivity contribution is 6.41. The van der Waals surface area contributed by atoms with E-state index in [1.54, 1.807) is 18.2 Å². The predicted molar refractivity (Wildman–Crippen MR) is 96.0 cm³/mol. The molecule has 116 valence electrons. The van der Waals surface area contributed by atoms with Crippen LogP contribution < -0.4 is 0 Å². The minimum atomic E-state index is 0.00714. The van der Waals surface area contributed by atoms with Gasteiger partial charge in [0.05, 0.1) is 0 Å². The molecule has 0 fully saturated rings. The molecule has 0 heterocycles. The molecule has 0 aliphatic heterocycles. The molecule has 1 aliphatic rings. The van der Waals surface area contributed by atoms with E-state index in [0.29, 0.717) is 11.1 Å². The molecule has 0 atom stereocenters. The van der Waals surface area contributed by atoms with Crippen molar-refractivity contribution in [3.63, 3.8) is 0 Å². The first-order chi connectivity index (χ1) is 11.6. The summed E-state index contributed by atoms with van der Waals surface area (Å²) in [4.78, 5) is 13.0. The molecule has 0 saturated heterocycles. The first kappa shape index (κ1) is 14.5. The van der Waals surface area contributed by atoms with Crippen LogP contribution in [0.2, 0.25) is 0 Å². The van der Waals surface area contributed by atoms with E-state index in [9.17, 15) is 9.90 Å². The van der Waals surface area contributed by atoms with Gasteiger partial charge in [-0.2, -0.15) is 0 Å². The smallest absolute Gasteiger partial charge is 0.194 e. The number of benzene rings is 3. The van der Waals surface area contributed by atoms with Crippen molar-refractivity contribution < 1.29 is 9.90 Å². The minimum Gasteiger partial charge on any atom is -0.508 e. The van der Waals surface area contributed by atoms with E-state index in [0.717, 1.165) is 27.8 Å². The fourth-order valence-corrected chi connectivity index (χ4v) is 3.22. The van der Waals surface area contributed by atoms with Gasteiger partial charge in [-0.3, -0.25) is 4.79 Å². The Morgan fingerprint density at radius 3 is 2.08 bits per heavy atom. The molecule has 4 rings (SSSR count). The highest BCUT2D eigenvalue weighted by Crippen LogP contribution is 2.43. The Kier molecular flexibility index (Phi) is 3.31. The minimum absolute atomic E-state index is 0.00714. The number of ketones is 1. The molecule has 3 aromatic carbocycles. The summed E-state index contributed by atoms with van der Waals surface area (Å²) in [5.41, 5.74) is 6.05. The van der Waals surface area contributed by atoms with Crippen molar-refractivity contribution in [1.82, 2.24) is 0 Å². The van der Waals surface area contributed by atoms with Gasteiger partial charge in [0.15, 0.2) is 5.78 Å². The van der Waals surface area contributed by atoms with Crippen LogP contribution in [-0.4, -0.2) is 10.9 Å². The molecule has 0 bridgehead atoms. The molecule has 1 aliphatic carbocycles. The van der Waals surface area contributed by atoms with Gasteiger partial charge in [0.1, 0.15) is 5.75 Å². The molecular formula is C22H16O2. The lowest BCUT2D eigenvalue weighted by atomic mass is 9.94. The van der Waals surface area contributed by atoms with Gasteiger partial charge in [-0.05, 0) is 41.8 Å². The van der Waals surface area contributed by atoms with Gasteiger partial charge in [-0.15, -0.1) is 0 Å². The van der Waals surface area contributed by atoms with E-state index in [1.807, 2.05) is 61.5 Å². The fraction of sp³-hybridized carbons (Fsp3) is 0.0455. The maximum atomic E-state index is 13.0. The van der Waals surface area contributed by atoms with Crippen molar-refractivity contribution in [2.24, 2.45) is 0 Å². The van der Waals surface area contributed by atoms with Gasteiger partial charge in [-0.25, -0.2) is 0 Å². The number of hydrogen-bond acceptors (Lipinski definition) is 2. The quantitative estimate of drug-likeness (QED) is 0.734. The van der Waals surface area contributed by atoms with Crippen LogP contribution in [0, 0.1) is 6.92 Å². The summed E-state index contributed by atoms with van der Waals surface area (Å²) in [6.07, 6.45) is 0. The van der Waals surface area contributed by atoms with E-state index >= 15 is 0 Å². The largest absolute Gasteiger partial charge is 0.508 e.